The summed E-state index contributed by atoms with van der Waals surface area (Å²) in [5.41, 5.74) is 12.3. The summed E-state index contributed by atoms with van der Waals surface area (Å²) in [6, 6.07) is 22.3. The number of hydrogen-bond donors (Lipinski definition) is 9. The van der Waals surface area contributed by atoms with E-state index in [1.165, 1.54) is 6.92 Å². The second kappa shape index (κ2) is 27.3. The summed E-state index contributed by atoms with van der Waals surface area (Å²) in [6.45, 7) is 11.0. The summed E-state index contributed by atoms with van der Waals surface area (Å²) in [6.07, 6.45) is 1.77. The molecule has 67 heavy (non-hydrogen) atoms. The van der Waals surface area contributed by atoms with E-state index in [0.717, 1.165) is 16.7 Å². The minimum atomic E-state index is -1.41. The monoisotopic (exact) mass is 929 g/mol. The Labute approximate surface area is 394 Å². The summed E-state index contributed by atoms with van der Waals surface area (Å²) in [5.74, 6) is -4.97. The van der Waals surface area contributed by atoms with Crippen LogP contribution < -0.4 is 43.4 Å². The van der Waals surface area contributed by atoms with Gasteiger partial charge in [0.05, 0.1) is 6.04 Å². The smallest absolute Gasteiger partial charge is 0.407 e. The summed E-state index contributed by atoms with van der Waals surface area (Å²) in [5, 5.41) is 26.4. The van der Waals surface area contributed by atoms with Crippen molar-refractivity contribution >= 4 is 41.6 Å². The molecule has 3 aromatic carbocycles. The second-order valence-electron chi connectivity index (χ2n) is 17.8. The van der Waals surface area contributed by atoms with Gasteiger partial charge in [-0.1, -0.05) is 111 Å². The molecule has 0 saturated heterocycles. The van der Waals surface area contributed by atoms with Crippen molar-refractivity contribution in [3.05, 3.63) is 108 Å². The lowest BCUT2D eigenvalue weighted by molar-refractivity contribution is -0.142. The van der Waals surface area contributed by atoms with Crippen LogP contribution in [0.15, 0.2) is 91.0 Å². The van der Waals surface area contributed by atoms with E-state index in [0.29, 0.717) is 45.2 Å². The van der Waals surface area contributed by atoms with Crippen molar-refractivity contribution < 1.29 is 43.4 Å². The summed E-state index contributed by atoms with van der Waals surface area (Å²) < 4.78 is 5.23. The topological polar surface area (TPSA) is 273 Å². The van der Waals surface area contributed by atoms with Gasteiger partial charge in [-0.05, 0) is 102 Å². The van der Waals surface area contributed by atoms with Crippen molar-refractivity contribution in [2.45, 2.75) is 141 Å². The molecule has 0 radical (unpaired) electrons. The van der Waals surface area contributed by atoms with Gasteiger partial charge < -0.3 is 53.2 Å². The third kappa shape index (κ3) is 17.8. The Morgan fingerprint density at radius 2 is 1.16 bits per heavy atom. The zero-order valence-corrected chi connectivity index (χ0v) is 39.8. The van der Waals surface area contributed by atoms with Gasteiger partial charge in [-0.2, -0.15) is 0 Å². The molecule has 0 aromatic heterocycles. The van der Waals surface area contributed by atoms with Gasteiger partial charge in [0.2, 0.25) is 29.5 Å². The lowest BCUT2D eigenvalue weighted by atomic mass is 9.77. The number of nitrogens with one attached hydrogen (secondary N) is 6. The molecule has 366 valence electrons. The first-order valence-corrected chi connectivity index (χ1v) is 23.2. The van der Waals surface area contributed by atoms with Gasteiger partial charge in [0.15, 0.2) is 0 Å². The summed E-state index contributed by atoms with van der Waals surface area (Å²) >= 11 is 0. The molecule has 0 unspecified atom stereocenters. The number of benzene rings is 3. The minimum absolute atomic E-state index is 0.0807. The second-order valence-corrected chi connectivity index (χ2v) is 17.8. The predicted octanol–water partition coefficient (Wildman–Crippen LogP) is 4.12. The Morgan fingerprint density at radius 1 is 0.642 bits per heavy atom. The van der Waals surface area contributed by atoms with Gasteiger partial charge in [0, 0.05) is 13.0 Å². The van der Waals surface area contributed by atoms with Gasteiger partial charge in [-0.3, -0.25) is 24.0 Å². The number of amides is 6. The molecule has 3 rings (SSSR count). The largest absolute Gasteiger partial charge is 0.480 e. The van der Waals surface area contributed by atoms with Crippen LogP contribution in [0.3, 0.4) is 0 Å². The normalized spacial score (nSPS) is 14.1. The Hall–Kier alpha value is -6.33. The lowest BCUT2D eigenvalue weighted by Crippen LogP contribution is -2.59. The van der Waals surface area contributed by atoms with Gasteiger partial charge in [-0.25, -0.2) is 9.59 Å². The van der Waals surface area contributed by atoms with E-state index in [2.05, 4.69) is 31.9 Å². The fraction of sp³-hybridized carbons (Fsp3) is 0.500. The number of ether oxygens (including phenoxy) is 1. The number of alkyl carbamates (subject to hydrolysis) is 1. The molecule has 0 aliphatic carbocycles. The summed E-state index contributed by atoms with van der Waals surface area (Å²) in [4.78, 5) is 93.1. The molecule has 17 heteroatoms. The van der Waals surface area contributed by atoms with Crippen molar-refractivity contribution in [3.63, 3.8) is 0 Å². The standard InChI is InChI=1S/C50H72N8O9/c1-7-33(2)42(57-44(61)38(52)27-18-20-32-53-48(66)67-49(4,5)6)46(63)54-34(3)43(60)55-39(45(62)56-40(47(64)65)28-17-19-31-51)29-30-41(59)58-50(35-21-11-8-12-22-35,36-23-13-9-14-24-36)37-25-15-10-16-26-37/h8-16,21-26,33-34,38-40,42H,7,17-20,27-32,51-52H2,1-6H3,(H,53,66)(H,54,63)(H,55,60)(H,56,62)(H,57,61)(H,58,59)(H,64,65)/t33-,34-,38-,39-,40-,42-/m0/s1. The number of aliphatic carboxylic acids is 1. The highest BCUT2D eigenvalue weighted by atomic mass is 16.6. The van der Waals surface area contributed by atoms with Gasteiger partial charge in [0.1, 0.15) is 35.3 Å². The van der Waals surface area contributed by atoms with Crippen LogP contribution in [0.1, 0.15) is 116 Å². The molecule has 0 aliphatic rings. The number of nitrogens with two attached hydrogens (primary N) is 2. The maximum Gasteiger partial charge on any atom is 0.407 e. The third-order valence-corrected chi connectivity index (χ3v) is 11.3. The van der Waals surface area contributed by atoms with Crippen molar-refractivity contribution in [1.29, 1.82) is 0 Å². The number of unbranched alkanes of at least 4 members (excludes halogenated alkanes) is 2. The number of hydrogen-bond acceptors (Lipinski definition) is 10. The molecule has 0 aliphatic heterocycles. The van der Waals surface area contributed by atoms with Crippen molar-refractivity contribution in [2.75, 3.05) is 13.1 Å². The van der Waals surface area contributed by atoms with Crippen molar-refractivity contribution in [1.82, 2.24) is 31.9 Å². The van der Waals surface area contributed by atoms with E-state index in [1.807, 2.05) is 97.9 Å². The van der Waals surface area contributed by atoms with Crippen LogP contribution in [0.5, 0.6) is 0 Å². The molecule has 6 atom stereocenters. The maximum atomic E-state index is 14.3. The minimum Gasteiger partial charge on any atom is -0.480 e. The highest BCUT2D eigenvalue weighted by Crippen LogP contribution is 2.37. The maximum absolute atomic E-state index is 14.3. The summed E-state index contributed by atoms with van der Waals surface area (Å²) in [7, 11) is 0. The first-order chi connectivity index (χ1) is 31.8. The number of carboxylic acid groups (broad SMARTS) is 1. The van der Waals surface area contributed by atoms with Crippen LogP contribution in [0.4, 0.5) is 4.79 Å². The zero-order chi connectivity index (χ0) is 49.6. The number of carbonyl (C=O) groups is 7. The first kappa shape index (κ1) is 55.0. The molecule has 11 N–H and O–H groups in total. The third-order valence-electron chi connectivity index (χ3n) is 11.3. The van der Waals surface area contributed by atoms with Crippen LogP contribution >= 0.6 is 0 Å². The van der Waals surface area contributed by atoms with E-state index in [1.54, 1.807) is 27.7 Å². The van der Waals surface area contributed by atoms with Gasteiger partial charge in [-0.15, -0.1) is 0 Å². The predicted molar refractivity (Wildman–Crippen MR) is 256 cm³/mol. The van der Waals surface area contributed by atoms with Crippen LogP contribution in [0.2, 0.25) is 0 Å². The van der Waals surface area contributed by atoms with E-state index >= 15 is 0 Å². The molecule has 3 aromatic rings. The quantitative estimate of drug-likeness (QED) is 0.0388. The van der Waals surface area contributed by atoms with Crippen LogP contribution in [0, 0.1) is 5.92 Å². The number of rotatable bonds is 27. The molecule has 0 fully saturated rings. The van der Waals surface area contributed by atoms with E-state index < -0.39 is 82.9 Å². The first-order valence-electron chi connectivity index (χ1n) is 23.2. The van der Waals surface area contributed by atoms with Crippen molar-refractivity contribution in [3.8, 4) is 0 Å². The SMILES string of the molecule is CC[C@H](C)[C@H](NC(=O)[C@@H](N)CCCCNC(=O)OC(C)(C)C)C(=O)N[C@@H](C)C(=O)N[C@@H](CCC(=O)NC(c1ccccc1)(c1ccccc1)c1ccccc1)C(=O)N[C@@H](CCCCN)C(=O)O. The highest BCUT2D eigenvalue weighted by molar-refractivity contribution is 5.95. The average Bonchev–Trinajstić information content (AvgIpc) is 3.30. The van der Waals surface area contributed by atoms with E-state index in [-0.39, 0.29) is 31.6 Å². The van der Waals surface area contributed by atoms with Crippen LogP contribution in [-0.2, 0) is 39.0 Å². The fourth-order valence-corrected chi connectivity index (χ4v) is 7.37. The zero-order valence-electron chi connectivity index (χ0n) is 39.8. The van der Waals surface area contributed by atoms with Crippen LogP contribution in [0.25, 0.3) is 0 Å². The Bertz CT molecular complexity index is 1950. The Balaban J connectivity index is 1.79. The Morgan fingerprint density at radius 3 is 1.66 bits per heavy atom. The number of carbonyl (C=O) groups excluding carboxylic acids is 6. The number of carboxylic acids is 1. The van der Waals surface area contributed by atoms with Gasteiger partial charge >= 0.3 is 12.1 Å². The average molecular weight is 929 g/mol. The van der Waals surface area contributed by atoms with Gasteiger partial charge in [0.25, 0.3) is 0 Å². The molecular weight excluding hydrogens is 857 g/mol. The molecule has 0 heterocycles. The fourth-order valence-electron chi connectivity index (χ4n) is 7.37. The van der Waals surface area contributed by atoms with E-state index in [4.69, 9.17) is 16.2 Å². The molecule has 6 amide bonds. The molecule has 17 nitrogen and oxygen atoms in total. The molecule has 0 spiro atoms. The van der Waals surface area contributed by atoms with Crippen LogP contribution in [-0.4, -0.2) is 95.6 Å². The molecule has 0 bridgehead atoms. The molecular formula is C50H72N8O9. The Kier molecular flexibility index (Phi) is 22.4. The van der Waals surface area contributed by atoms with E-state index in [9.17, 15) is 38.7 Å². The lowest BCUT2D eigenvalue weighted by Gasteiger charge is -2.37. The highest BCUT2D eigenvalue weighted by Gasteiger charge is 2.39. The molecule has 0 saturated carbocycles. The van der Waals surface area contributed by atoms with Crippen molar-refractivity contribution in [2.24, 2.45) is 17.4 Å².